The van der Waals surface area contributed by atoms with Gasteiger partial charge in [-0.15, -0.1) is 0 Å². The maximum absolute atomic E-state index is 11.7. The van der Waals surface area contributed by atoms with Crippen LogP contribution < -0.4 is 5.56 Å². The van der Waals surface area contributed by atoms with Crippen molar-refractivity contribution in [3.63, 3.8) is 0 Å². The van der Waals surface area contributed by atoms with Crippen molar-refractivity contribution in [3.05, 3.63) is 50.5 Å². The quantitative estimate of drug-likeness (QED) is 0.790. The maximum atomic E-state index is 11.7. The van der Waals surface area contributed by atoms with E-state index in [1.165, 1.54) is 5.56 Å². The summed E-state index contributed by atoms with van der Waals surface area (Å²) in [5.41, 5.74) is 2.04. The van der Waals surface area contributed by atoms with E-state index < -0.39 is 5.56 Å². The average Bonchev–Trinajstić information content (AvgIpc) is 2.37. The number of aromatic amines is 2. The van der Waals surface area contributed by atoms with E-state index in [2.05, 4.69) is 30.7 Å². The molecule has 1 heterocycles. The Kier molecular flexibility index (Phi) is 3.60. The molecule has 102 valence electrons. The van der Waals surface area contributed by atoms with Crippen molar-refractivity contribution in [1.82, 2.24) is 9.97 Å². The Labute approximate surface area is 122 Å². The number of nitrogens with zero attached hydrogens (tertiary/aromatic N) is 1. The van der Waals surface area contributed by atoms with Crippen LogP contribution in [0.3, 0.4) is 0 Å². The summed E-state index contributed by atoms with van der Waals surface area (Å²) in [6, 6.07) is 9.68. The number of aromatic nitrogens is 2. The fraction of sp³-hybridized carbons (Fsp3) is 0.267. The zero-order valence-corrected chi connectivity index (χ0v) is 12.4. The Morgan fingerprint density at radius 2 is 1.75 bits per heavy atom. The molecule has 0 aliphatic rings. The Morgan fingerprint density at radius 3 is 2.25 bits per heavy atom. The van der Waals surface area contributed by atoms with Crippen LogP contribution in [0.2, 0.25) is 0 Å². The van der Waals surface area contributed by atoms with Gasteiger partial charge in [-0.05, 0) is 28.8 Å². The van der Waals surface area contributed by atoms with Gasteiger partial charge >= 0.3 is 0 Å². The number of benzene rings is 1. The molecule has 0 atom stereocenters. The molecule has 0 saturated carbocycles. The van der Waals surface area contributed by atoms with Gasteiger partial charge in [0.1, 0.15) is 11.6 Å². The monoisotopic (exact) mass is 285 g/mol. The minimum absolute atomic E-state index is 0.0436. The molecular weight excluding hydrogens is 270 g/mol. The smallest absolute Gasteiger partial charge is 0.270 e. The molecule has 2 aromatic rings. The van der Waals surface area contributed by atoms with Gasteiger partial charge in [0.25, 0.3) is 5.56 Å². The van der Waals surface area contributed by atoms with Crippen LogP contribution in [0.15, 0.2) is 29.1 Å². The molecule has 0 aliphatic carbocycles. The van der Waals surface area contributed by atoms with Gasteiger partial charge < -0.3 is 4.98 Å². The molecule has 0 bridgehead atoms. The van der Waals surface area contributed by atoms with Gasteiger partial charge in [-0.1, -0.05) is 45.0 Å². The van der Waals surface area contributed by atoms with E-state index >= 15 is 0 Å². The van der Waals surface area contributed by atoms with Gasteiger partial charge in [0.2, 0.25) is 0 Å². The van der Waals surface area contributed by atoms with Crippen molar-refractivity contribution in [2.24, 2.45) is 0 Å². The van der Waals surface area contributed by atoms with Crippen LogP contribution >= 0.6 is 12.2 Å². The molecule has 0 fully saturated rings. The summed E-state index contributed by atoms with van der Waals surface area (Å²) >= 11 is 4.96. The van der Waals surface area contributed by atoms with Crippen LogP contribution in [0.5, 0.6) is 0 Å². The van der Waals surface area contributed by atoms with Crippen LogP contribution in [-0.4, -0.2) is 9.97 Å². The number of hydrogen-bond donors (Lipinski definition) is 2. The SMILES string of the molecule is CC(C)(C)c1ccc(-c2[nH]c(=S)[nH]c(=O)c2C#N)cc1. The Morgan fingerprint density at radius 1 is 1.15 bits per heavy atom. The lowest BCUT2D eigenvalue weighted by atomic mass is 9.86. The zero-order chi connectivity index (χ0) is 14.9. The largest absolute Gasteiger partial charge is 0.331 e. The van der Waals surface area contributed by atoms with Crippen molar-refractivity contribution >= 4 is 12.2 Å². The van der Waals surface area contributed by atoms with Crippen LogP contribution in [0.1, 0.15) is 31.9 Å². The summed E-state index contributed by atoms with van der Waals surface area (Å²) in [5.74, 6) is 0. The third-order valence-corrected chi connectivity index (χ3v) is 3.30. The van der Waals surface area contributed by atoms with Crippen molar-refractivity contribution in [3.8, 4) is 17.3 Å². The molecule has 0 aliphatic heterocycles. The van der Waals surface area contributed by atoms with Crippen LogP contribution in [0.4, 0.5) is 0 Å². The summed E-state index contributed by atoms with van der Waals surface area (Å²) in [6.07, 6.45) is 0. The molecule has 2 rings (SSSR count). The molecule has 0 spiro atoms. The first-order valence-corrected chi connectivity index (χ1v) is 6.61. The molecule has 0 saturated heterocycles. The fourth-order valence-electron chi connectivity index (χ4n) is 1.95. The van der Waals surface area contributed by atoms with Gasteiger partial charge in [0, 0.05) is 0 Å². The van der Waals surface area contributed by atoms with E-state index in [0.717, 1.165) is 5.56 Å². The van der Waals surface area contributed by atoms with Crippen molar-refractivity contribution in [1.29, 1.82) is 5.26 Å². The number of rotatable bonds is 1. The maximum Gasteiger partial charge on any atom is 0.270 e. The average molecular weight is 285 g/mol. The highest BCUT2D eigenvalue weighted by Crippen LogP contribution is 2.25. The molecule has 0 unspecified atom stereocenters. The normalized spacial score (nSPS) is 11.1. The Hall–Kier alpha value is -2.19. The second-order valence-corrected chi connectivity index (χ2v) is 6.01. The van der Waals surface area contributed by atoms with Gasteiger partial charge in [0.05, 0.1) is 5.69 Å². The number of nitriles is 1. The van der Waals surface area contributed by atoms with Crippen molar-refractivity contribution in [2.75, 3.05) is 0 Å². The molecule has 5 heteroatoms. The van der Waals surface area contributed by atoms with E-state index in [4.69, 9.17) is 17.5 Å². The molecule has 1 aromatic heterocycles. The van der Waals surface area contributed by atoms with Crippen molar-refractivity contribution < 1.29 is 0 Å². The predicted molar refractivity (Wildman–Crippen MR) is 81.1 cm³/mol. The Bertz CT molecular complexity index is 786. The molecule has 1 aromatic carbocycles. The second kappa shape index (κ2) is 5.06. The van der Waals surface area contributed by atoms with Crippen molar-refractivity contribution in [2.45, 2.75) is 26.2 Å². The summed E-state index contributed by atoms with van der Waals surface area (Å²) < 4.78 is 0.212. The molecule has 20 heavy (non-hydrogen) atoms. The first-order valence-electron chi connectivity index (χ1n) is 6.20. The van der Waals surface area contributed by atoms with E-state index in [1.54, 1.807) is 0 Å². The molecule has 0 amide bonds. The molecular formula is C15H15N3OS. The Balaban J connectivity index is 2.62. The highest BCUT2D eigenvalue weighted by Gasteiger charge is 2.15. The third kappa shape index (κ3) is 2.70. The van der Waals surface area contributed by atoms with E-state index in [0.29, 0.717) is 5.69 Å². The predicted octanol–water partition coefficient (Wildman–Crippen LogP) is 3.27. The summed E-state index contributed by atoms with van der Waals surface area (Å²) in [7, 11) is 0. The molecule has 2 N–H and O–H groups in total. The van der Waals surface area contributed by atoms with Crippen LogP contribution in [0.25, 0.3) is 11.3 Å². The summed E-state index contributed by atoms with van der Waals surface area (Å²) in [6.45, 7) is 6.39. The summed E-state index contributed by atoms with van der Waals surface area (Å²) in [5, 5.41) is 9.11. The lowest BCUT2D eigenvalue weighted by molar-refractivity contribution is 0.590. The number of H-pyrrole nitrogens is 2. The molecule has 4 nitrogen and oxygen atoms in total. The van der Waals surface area contributed by atoms with E-state index in [1.807, 2.05) is 30.3 Å². The fourth-order valence-corrected chi connectivity index (χ4v) is 2.14. The van der Waals surface area contributed by atoms with E-state index in [-0.39, 0.29) is 15.7 Å². The minimum Gasteiger partial charge on any atom is -0.331 e. The number of nitrogens with one attached hydrogen (secondary N) is 2. The first-order chi connectivity index (χ1) is 9.32. The highest BCUT2D eigenvalue weighted by atomic mass is 32.1. The van der Waals surface area contributed by atoms with Gasteiger partial charge in [0.15, 0.2) is 4.77 Å². The van der Waals surface area contributed by atoms with Crippen LogP contribution in [0, 0.1) is 16.1 Å². The minimum atomic E-state index is -0.467. The van der Waals surface area contributed by atoms with Gasteiger partial charge in [-0.3, -0.25) is 9.78 Å². The van der Waals surface area contributed by atoms with Crippen LogP contribution in [-0.2, 0) is 5.41 Å². The topological polar surface area (TPSA) is 72.4 Å². The third-order valence-electron chi connectivity index (χ3n) is 3.09. The lowest BCUT2D eigenvalue weighted by Gasteiger charge is -2.19. The highest BCUT2D eigenvalue weighted by molar-refractivity contribution is 7.71. The van der Waals surface area contributed by atoms with Gasteiger partial charge in [-0.2, -0.15) is 5.26 Å². The summed E-state index contributed by atoms with van der Waals surface area (Å²) in [4.78, 5) is 17.0. The molecule has 0 radical (unpaired) electrons. The second-order valence-electron chi connectivity index (χ2n) is 5.60. The zero-order valence-electron chi connectivity index (χ0n) is 11.6. The lowest BCUT2D eigenvalue weighted by Crippen LogP contribution is -2.14. The van der Waals surface area contributed by atoms with E-state index in [9.17, 15) is 4.79 Å². The van der Waals surface area contributed by atoms with Gasteiger partial charge in [-0.25, -0.2) is 0 Å². The standard InChI is InChI=1S/C15H15N3OS/c1-15(2,3)10-6-4-9(5-7-10)12-11(8-16)13(19)18-14(20)17-12/h4-7H,1-3H3,(H2,17,18,19,20). The number of hydrogen-bond acceptors (Lipinski definition) is 3. The first kappa shape index (κ1) is 14.2.